The molecule has 1 saturated heterocycles. The number of sulfonamides is 1. The van der Waals surface area contributed by atoms with Gasteiger partial charge in [-0.05, 0) is 49.2 Å². The quantitative estimate of drug-likeness (QED) is 0.762. The van der Waals surface area contributed by atoms with Crippen molar-refractivity contribution in [3.05, 3.63) is 58.1 Å². The zero-order chi connectivity index (χ0) is 19.4. The summed E-state index contributed by atoms with van der Waals surface area (Å²) in [6.07, 6.45) is 4.26. The lowest BCUT2D eigenvalue weighted by atomic mass is 10.1. The minimum absolute atomic E-state index is 0.00106. The smallest absolute Gasteiger partial charge is 0.261 e. The molecule has 2 aromatic rings. The van der Waals surface area contributed by atoms with Crippen LogP contribution in [-0.4, -0.2) is 32.3 Å². The fourth-order valence-corrected chi connectivity index (χ4v) is 4.47. The Morgan fingerprint density at radius 1 is 0.926 bits per heavy atom. The molecule has 0 aromatic heterocycles. The van der Waals surface area contributed by atoms with Crippen molar-refractivity contribution in [3.8, 4) is 0 Å². The molecule has 0 radical (unpaired) electrons. The van der Waals surface area contributed by atoms with Gasteiger partial charge in [0, 0.05) is 24.3 Å². The zero-order valence-corrected chi connectivity index (χ0v) is 16.9. The van der Waals surface area contributed by atoms with E-state index in [0.717, 1.165) is 38.8 Å². The van der Waals surface area contributed by atoms with Gasteiger partial charge in [0.15, 0.2) is 0 Å². The molecule has 1 aliphatic heterocycles. The van der Waals surface area contributed by atoms with Crippen molar-refractivity contribution in [1.29, 1.82) is 0 Å². The van der Waals surface area contributed by atoms with Gasteiger partial charge in [0.2, 0.25) is 0 Å². The number of likely N-dealkylation sites (tertiary alicyclic amines) is 1. The Balaban J connectivity index is 1.80. The van der Waals surface area contributed by atoms with Gasteiger partial charge in [0.05, 0.1) is 14.9 Å². The lowest BCUT2D eigenvalue weighted by Gasteiger charge is -2.20. The molecule has 8 heteroatoms. The topological polar surface area (TPSA) is 66.5 Å². The highest BCUT2D eigenvalue weighted by Crippen LogP contribution is 2.26. The Bertz CT molecular complexity index is 940. The van der Waals surface area contributed by atoms with E-state index in [1.165, 1.54) is 18.2 Å². The van der Waals surface area contributed by atoms with Crippen LogP contribution in [-0.2, 0) is 10.0 Å². The fourth-order valence-electron chi connectivity index (χ4n) is 3.03. The average molecular weight is 427 g/mol. The highest BCUT2D eigenvalue weighted by atomic mass is 35.5. The summed E-state index contributed by atoms with van der Waals surface area (Å²) in [4.78, 5) is 14.6. The molecule has 3 rings (SSSR count). The van der Waals surface area contributed by atoms with E-state index in [1.54, 1.807) is 24.3 Å². The van der Waals surface area contributed by atoms with E-state index in [9.17, 15) is 13.2 Å². The number of halogens is 2. The predicted octanol–water partition coefficient (Wildman–Crippen LogP) is 4.81. The normalized spacial score (nSPS) is 15.3. The van der Waals surface area contributed by atoms with Gasteiger partial charge in [-0.1, -0.05) is 42.1 Å². The molecule has 0 bridgehead atoms. The third-order valence-corrected chi connectivity index (χ3v) is 6.57. The Morgan fingerprint density at radius 2 is 1.63 bits per heavy atom. The third kappa shape index (κ3) is 4.94. The molecule has 1 heterocycles. The molecule has 27 heavy (non-hydrogen) atoms. The minimum atomic E-state index is -3.84. The number of amides is 1. The van der Waals surface area contributed by atoms with Crippen molar-refractivity contribution in [2.45, 2.75) is 30.6 Å². The number of nitrogens with one attached hydrogen (secondary N) is 1. The molecule has 1 N–H and O–H groups in total. The van der Waals surface area contributed by atoms with E-state index in [0.29, 0.717) is 11.3 Å². The minimum Gasteiger partial charge on any atom is -0.339 e. The van der Waals surface area contributed by atoms with Gasteiger partial charge >= 0.3 is 0 Å². The van der Waals surface area contributed by atoms with Crippen LogP contribution in [0.4, 0.5) is 5.69 Å². The van der Waals surface area contributed by atoms with Crippen molar-refractivity contribution in [3.63, 3.8) is 0 Å². The lowest BCUT2D eigenvalue weighted by molar-refractivity contribution is 0.0761. The van der Waals surface area contributed by atoms with Gasteiger partial charge in [0.25, 0.3) is 15.9 Å². The number of benzene rings is 2. The predicted molar refractivity (Wildman–Crippen MR) is 108 cm³/mol. The van der Waals surface area contributed by atoms with Gasteiger partial charge in [0.1, 0.15) is 0 Å². The number of nitrogens with zero attached hydrogens (tertiary/aromatic N) is 1. The second kappa shape index (κ2) is 8.50. The number of carbonyl (C=O) groups is 1. The van der Waals surface area contributed by atoms with E-state index in [4.69, 9.17) is 23.2 Å². The maximum Gasteiger partial charge on any atom is 0.261 e. The van der Waals surface area contributed by atoms with Crippen molar-refractivity contribution in [1.82, 2.24) is 4.90 Å². The Hall–Kier alpha value is -1.76. The van der Waals surface area contributed by atoms with E-state index < -0.39 is 10.0 Å². The van der Waals surface area contributed by atoms with Crippen LogP contribution in [0.15, 0.2) is 47.4 Å². The van der Waals surface area contributed by atoms with Crippen LogP contribution in [0.2, 0.25) is 10.0 Å². The number of rotatable bonds is 4. The van der Waals surface area contributed by atoms with E-state index in [-0.39, 0.29) is 20.8 Å². The summed E-state index contributed by atoms with van der Waals surface area (Å²) in [6, 6.07) is 10.6. The van der Waals surface area contributed by atoms with Crippen LogP contribution >= 0.6 is 23.2 Å². The molecular formula is C19H20Cl2N2O3S. The molecule has 0 saturated carbocycles. The number of hydrogen-bond acceptors (Lipinski definition) is 3. The van der Waals surface area contributed by atoms with Crippen molar-refractivity contribution in [2.24, 2.45) is 0 Å². The maximum atomic E-state index is 12.7. The van der Waals surface area contributed by atoms with Gasteiger partial charge in [-0.2, -0.15) is 0 Å². The first kappa shape index (κ1) is 20.0. The summed E-state index contributed by atoms with van der Waals surface area (Å²) < 4.78 is 27.7. The summed E-state index contributed by atoms with van der Waals surface area (Å²) in [5.41, 5.74) is 0.785. The summed E-state index contributed by atoms with van der Waals surface area (Å²) in [5.74, 6) is -0.0764. The first-order chi connectivity index (χ1) is 12.9. The van der Waals surface area contributed by atoms with Crippen molar-refractivity contribution in [2.75, 3.05) is 17.8 Å². The molecule has 0 atom stereocenters. The molecular weight excluding hydrogens is 407 g/mol. The van der Waals surface area contributed by atoms with Gasteiger partial charge in [-0.15, -0.1) is 0 Å². The highest BCUT2D eigenvalue weighted by Gasteiger charge is 2.19. The molecule has 0 spiro atoms. The standard InChI is InChI=1S/C19H20Cl2N2O3S/c20-17-9-8-16(13-18(17)21)27(25,26)22-15-7-5-6-14(12-15)19(24)23-10-3-1-2-4-11-23/h5-9,12-13,22H,1-4,10-11H2. The van der Waals surface area contributed by atoms with Crippen molar-refractivity contribution >= 4 is 44.8 Å². The van der Waals surface area contributed by atoms with Gasteiger partial charge in [-0.3, -0.25) is 9.52 Å². The SMILES string of the molecule is O=C(c1cccc(NS(=O)(=O)c2ccc(Cl)c(Cl)c2)c1)N1CCCCCC1. The molecule has 1 fully saturated rings. The van der Waals surface area contributed by atoms with E-state index >= 15 is 0 Å². The first-order valence-electron chi connectivity index (χ1n) is 8.74. The zero-order valence-electron chi connectivity index (χ0n) is 14.6. The van der Waals surface area contributed by atoms with Crippen LogP contribution in [0.3, 0.4) is 0 Å². The molecule has 0 aliphatic carbocycles. The third-order valence-electron chi connectivity index (χ3n) is 4.46. The van der Waals surface area contributed by atoms with Crippen LogP contribution in [0, 0.1) is 0 Å². The average Bonchev–Trinajstić information content (AvgIpc) is 2.92. The first-order valence-corrected chi connectivity index (χ1v) is 11.0. The highest BCUT2D eigenvalue weighted by molar-refractivity contribution is 7.92. The summed E-state index contributed by atoms with van der Waals surface area (Å²) in [7, 11) is -3.84. The van der Waals surface area contributed by atoms with E-state index in [1.807, 2.05) is 4.90 Å². The maximum absolute atomic E-state index is 12.7. The van der Waals surface area contributed by atoms with Crippen LogP contribution in [0.1, 0.15) is 36.0 Å². The largest absolute Gasteiger partial charge is 0.339 e. The lowest BCUT2D eigenvalue weighted by Crippen LogP contribution is -2.31. The number of hydrogen-bond donors (Lipinski definition) is 1. The molecule has 5 nitrogen and oxygen atoms in total. The van der Waals surface area contributed by atoms with Gasteiger partial charge in [-0.25, -0.2) is 8.42 Å². The van der Waals surface area contributed by atoms with Crippen LogP contribution in [0.5, 0.6) is 0 Å². The second-order valence-electron chi connectivity index (χ2n) is 6.47. The number of anilines is 1. The van der Waals surface area contributed by atoms with Crippen LogP contribution in [0.25, 0.3) is 0 Å². The molecule has 0 unspecified atom stereocenters. The summed E-state index contributed by atoms with van der Waals surface area (Å²) in [6.45, 7) is 1.47. The summed E-state index contributed by atoms with van der Waals surface area (Å²) in [5, 5.41) is 0.435. The Kier molecular flexibility index (Phi) is 6.29. The van der Waals surface area contributed by atoms with E-state index in [2.05, 4.69) is 4.72 Å². The molecule has 1 aliphatic rings. The fraction of sp³-hybridized carbons (Fsp3) is 0.316. The Morgan fingerprint density at radius 3 is 2.30 bits per heavy atom. The number of carbonyl (C=O) groups excluding carboxylic acids is 1. The molecule has 2 aromatic carbocycles. The Labute approximate surface area is 169 Å². The summed E-state index contributed by atoms with van der Waals surface area (Å²) >= 11 is 11.8. The van der Waals surface area contributed by atoms with Crippen molar-refractivity contribution < 1.29 is 13.2 Å². The van der Waals surface area contributed by atoms with Gasteiger partial charge < -0.3 is 4.90 Å². The van der Waals surface area contributed by atoms with Crippen LogP contribution < -0.4 is 4.72 Å². The molecule has 1 amide bonds. The monoisotopic (exact) mass is 426 g/mol. The second-order valence-corrected chi connectivity index (χ2v) is 8.97. The molecule has 144 valence electrons.